The molecule has 2 atom stereocenters. The molecule has 0 saturated carbocycles. The first-order valence-corrected chi connectivity index (χ1v) is 9.46. The summed E-state index contributed by atoms with van der Waals surface area (Å²) < 4.78 is 33.8. The van der Waals surface area contributed by atoms with Gasteiger partial charge in [0.15, 0.2) is 0 Å². The molecule has 1 aliphatic heterocycles. The third-order valence-electron chi connectivity index (χ3n) is 5.48. The van der Waals surface area contributed by atoms with E-state index in [4.69, 9.17) is 4.74 Å². The van der Waals surface area contributed by atoms with Crippen LogP contribution in [0.15, 0.2) is 30.3 Å². The van der Waals surface area contributed by atoms with Gasteiger partial charge in [0.05, 0.1) is 7.11 Å². The summed E-state index contributed by atoms with van der Waals surface area (Å²) in [7, 11) is 1.31. The van der Waals surface area contributed by atoms with E-state index in [1.807, 2.05) is 12.1 Å². The lowest BCUT2D eigenvalue weighted by atomic mass is 9.93. The third-order valence-corrected chi connectivity index (χ3v) is 5.48. The lowest BCUT2D eigenvalue weighted by Crippen LogP contribution is -2.45. The highest BCUT2D eigenvalue weighted by Crippen LogP contribution is 2.31. The Bertz CT molecular complexity index is 957. The molecule has 2 aromatic rings. The minimum atomic E-state index is -1.10. The molecule has 3 amide bonds. The van der Waals surface area contributed by atoms with E-state index in [9.17, 15) is 18.4 Å². The minimum absolute atomic E-state index is 0.0167. The van der Waals surface area contributed by atoms with Gasteiger partial charge in [0.1, 0.15) is 23.4 Å². The van der Waals surface area contributed by atoms with Gasteiger partial charge in [-0.15, -0.1) is 0 Å². The second kappa shape index (κ2) is 7.69. The SMILES string of the molecule is COc1cc(F)c(C2CNC(=O)C2NC(=O)Nc2ccc3c(c2)CCC3)c(F)c1. The molecule has 0 aromatic heterocycles. The van der Waals surface area contributed by atoms with Crippen LogP contribution in [0.4, 0.5) is 19.3 Å². The van der Waals surface area contributed by atoms with E-state index in [2.05, 4.69) is 16.0 Å². The zero-order chi connectivity index (χ0) is 20.5. The number of hydrogen-bond acceptors (Lipinski definition) is 3. The van der Waals surface area contributed by atoms with E-state index in [1.165, 1.54) is 18.2 Å². The van der Waals surface area contributed by atoms with E-state index < -0.39 is 35.5 Å². The fraction of sp³-hybridized carbons (Fsp3) is 0.333. The van der Waals surface area contributed by atoms with Gasteiger partial charge in [0.2, 0.25) is 5.91 Å². The van der Waals surface area contributed by atoms with Crippen LogP contribution in [0.25, 0.3) is 0 Å². The number of carbonyl (C=O) groups excluding carboxylic acids is 2. The quantitative estimate of drug-likeness (QED) is 0.737. The van der Waals surface area contributed by atoms with E-state index >= 15 is 0 Å². The Kier molecular flexibility index (Phi) is 5.08. The Hall–Kier alpha value is -3.16. The molecule has 1 fully saturated rings. The number of nitrogens with one attached hydrogen (secondary N) is 3. The fourth-order valence-electron chi connectivity index (χ4n) is 4.05. The largest absolute Gasteiger partial charge is 0.497 e. The maximum absolute atomic E-state index is 14.5. The number of hydrogen-bond donors (Lipinski definition) is 3. The van der Waals surface area contributed by atoms with Crippen LogP contribution in [0.5, 0.6) is 5.75 Å². The average Bonchev–Trinajstić information content (AvgIpc) is 3.28. The summed E-state index contributed by atoms with van der Waals surface area (Å²) in [6.07, 6.45) is 3.09. The standard InChI is InChI=1S/C21H21F2N3O3/c1-29-14-8-16(22)18(17(23)9-14)15-10-24-20(27)19(15)26-21(28)25-13-6-5-11-3-2-4-12(11)7-13/h5-9,15,19H,2-4,10H2,1H3,(H,24,27)(H2,25,26,28). The number of benzene rings is 2. The summed E-state index contributed by atoms with van der Waals surface area (Å²) in [6.45, 7) is 0.0167. The highest BCUT2D eigenvalue weighted by molar-refractivity contribution is 5.95. The predicted octanol–water partition coefficient (Wildman–Crippen LogP) is 2.87. The van der Waals surface area contributed by atoms with Gasteiger partial charge in [-0.2, -0.15) is 0 Å². The van der Waals surface area contributed by atoms with Crippen LogP contribution in [0, 0.1) is 11.6 Å². The van der Waals surface area contributed by atoms with E-state index in [1.54, 1.807) is 6.07 Å². The molecule has 0 bridgehead atoms. The first kappa shape index (κ1) is 19.2. The lowest BCUT2D eigenvalue weighted by molar-refractivity contribution is -0.120. The molecular weight excluding hydrogens is 380 g/mol. The summed E-state index contributed by atoms with van der Waals surface area (Å²) in [5.41, 5.74) is 2.82. The summed E-state index contributed by atoms with van der Waals surface area (Å²) in [6, 6.07) is 6.11. The molecule has 2 aromatic carbocycles. The average molecular weight is 401 g/mol. The first-order chi connectivity index (χ1) is 14.0. The van der Waals surface area contributed by atoms with E-state index in [0.717, 1.165) is 31.4 Å². The number of carbonyl (C=O) groups is 2. The second-order valence-corrected chi connectivity index (χ2v) is 7.27. The van der Waals surface area contributed by atoms with Gasteiger partial charge < -0.3 is 20.7 Å². The summed E-state index contributed by atoms with van der Waals surface area (Å²) in [5, 5.41) is 7.81. The van der Waals surface area contributed by atoms with Gasteiger partial charge in [-0.05, 0) is 42.5 Å². The molecule has 152 valence electrons. The Labute approximate surface area is 166 Å². The van der Waals surface area contributed by atoms with Gasteiger partial charge in [0.25, 0.3) is 0 Å². The number of amides is 3. The van der Waals surface area contributed by atoms with Gasteiger partial charge in [-0.25, -0.2) is 13.6 Å². The normalized spacial score (nSPS) is 20.2. The van der Waals surface area contributed by atoms with Gasteiger partial charge in [0, 0.05) is 35.8 Å². The second-order valence-electron chi connectivity index (χ2n) is 7.27. The molecule has 8 heteroatoms. The number of urea groups is 1. The summed E-state index contributed by atoms with van der Waals surface area (Å²) >= 11 is 0. The summed E-state index contributed by atoms with van der Waals surface area (Å²) in [5.74, 6) is -2.98. The molecular formula is C21H21F2N3O3. The van der Waals surface area contributed by atoms with Crippen molar-refractivity contribution in [3.05, 3.63) is 58.7 Å². The maximum atomic E-state index is 14.5. The van der Waals surface area contributed by atoms with Crippen molar-refractivity contribution in [2.24, 2.45) is 0 Å². The Morgan fingerprint density at radius 3 is 2.59 bits per heavy atom. The maximum Gasteiger partial charge on any atom is 0.319 e. The molecule has 2 aliphatic rings. The van der Waals surface area contributed by atoms with Crippen LogP contribution < -0.4 is 20.7 Å². The molecule has 4 rings (SSSR count). The Morgan fingerprint density at radius 1 is 1.14 bits per heavy atom. The number of rotatable bonds is 4. The van der Waals surface area contributed by atoms with Crippen molar-refractivity contribution in [1.29, 1.82) is 0 Å². The monoisotopic (exact) mass is 401 g/mol. The van der Waals surface area contributed by atoms with Crippen molar-refractivity contribution in [3.63, 3.8) is 0 Å². The van der Waals surface area contributed by atoms with Crippen molar-refractivity contribution in [1.82, 2.24) is 10.6 Å². The predicted molar refractivity (Wildman–Crippen MR) is 103 cm³/mol. The summed E-state index contributed by atoms with van der Waals surface area (Å²) in [4.78, 5) is 24.7. The smallest absolute Gasteiger partial charge is 0.319 e. The number of anilines is 1. The molecule has 1 heterocycles. The number of aryl methyl sites for hydroxylation is 2. The minimum Gasteiger partial charge on any atom is -0.497 e. The molecule has 1 aliphatic carbocycles. The van der Waals surface area contributed by atoms with Crippen molar-refractivity contribution in [3.8, 4) is 5.75 Å². The van der Waals surface area contributed by atoms with E-state index in [-0.39, 0.29) is 17.9 Å². The number of methoxy groups -OCH3 is 1. The van der Waals surface area contributed by atoms with E-state index in [0.29, 0.717) is 5.69 Å². The highest BCUT2D eigenvalue weighted by Gasteiger charge is 2.40. The molecule has 3 N–H and O–H groups in total. The van der Waals surface area contributed by atoms with Gasteiger partial charge in [-0.1, -0.05) is 6.07 Å². The molecule has 0 spiro atoms. The van der Waals surface area contributed by atoms with Crippen LogP contribution in [-0.4, -0.2) is 31.6 Å². The van der Waals surface area contributed by atoms with Crippen LogP contribution in [-0.2, 0) is 17.6 Å². The topological polar surface area (TPSA) is 79.5 Å². The molecule has 6 nitrogen and oxygen atoms in total. The van der Waals surface area contributed by atoms with Crippen molar-refractivity contribution < 1.29 is 23.1 Å². The highest BCUT2D eigenvalue weighted by atomic mass is 19.1. The van der Waals surface area contributed by atoms with Crippen LogP contribution in [0.3, 0.4) is 0 Å². The van der Waals surface area contributed by atoms with Crippen LogP contribution in [0.2, 0.25) is 0 Å². The third kappa shape index (κ3) is 3.74. The van der Waals surface area contributed by atoms with Gasteiger partial charge in [-0.3, -0.25) is 4.79 Å². The van der Waals surface area contributed by atoms with Crippen molar-refractivity contribution >= 4 is 17.6 Å². The van der Waals surface area contributed by atoms with Crippen molar-refractivity contribution in [2.45, 2.75) is 31.2 Å². The fourth-order valence-corrected chi connectivity index (χ4v) is 4.05. The Morgan fingerprint density at radius 2 is 1.86 bits per heavy atom. The molecule has 1 saturated heterocycles. The first-order valence-electron chi connectivity index (χ1n) is 9.46. The zero-order valence-electron chi connectivity index (χ0n) is 15.9. The van der Waals surface area contributed by atoms with Crippen LogP contribution >= 0.6 is 0 Å². The van der Waals surface area contributed by atoms with Gasteiger partial charge >= 0.3 is 6.03 Å². The Balaban J connectivity index is 1.51. The molecule has 29 heavy (non-hydrogen) atoms. The number of halogens is 2. The molecule has 0 radical (unpaired) electrons. The lowest BCUT2D eigenvalue weighted by Gasteiger charge is -2.20. The van der Waals surface area contributed by atoms with Crippen molar-refractivity contribution in [2.75, 3.05) is 19.0 Å². The molecule has 2 unspecified atom stereocenters. The zero-order valence-corrected chi connectivity index (χ0v) is 15.9. The number of ether oxygens (including phenoxy) is 1. The number of fused-ring (bicyclic) bond motifs is 1. The van der Waals surface area contributed by atoms with Crippen LogP contribution in [0.1, 0.15) is 29.0 Å².